The third-order valence-corrected chi connectivity index (χ3v) is 4.35. The fraction of sp³-hybridized carbons (Fsp3) is 0.667. The number of rotatable bonds is 7. The van der Waals surface area contributed by atoms with Gasteiger partial charge in [-0.2, -0.15) is 0 Å². The van der Waals surface area contributed by atoms with Gasteiger partial charge in [-0.05, 0) is 56.2 Å². The predicted molar refractivity (Wildman–Crippen MR) is 85.0 cm³/mol. The van der Waals surface area contributed by atoms with Crippen molar-refractivity contribution in [1.29, 1.82) is 0 Å². The van der Waals surface area contributed by atoms with E-state index in [0.717, 1.165) is 25.7 Å². The molecule has 1 atom stereocenters. The highest BCUT2D eigenvalue weighted by Gasteiger charge is 2.14. The van der Waals surface area contributed by atoms with E-state index >= 15 is 0 Å². The zero-order chi connectivity index (χ0) is 14.2. The van der Waals surface area contributed by atoms with Gasteiger partial charge in [-0.25, -0.2) is 0 Å². The van der Waals surface area contributed by atoms with Crippen LogP contribution in [0, 0.1) is 5.92 Å². The maximum Gasteiger partial charge on any atom is 0.0469 e. The second-order valence-corrected chi connectivity index (χ2v) is 6.03. The van der Waals surface area contributed by atoms with Crippen molar-refractivity contribution in [3.8, 4) is 0 Å². The summed E-state index contributed by atoms with van der Waals surface area (Å²) in [5.41, 5.74) is 2.87. The molecule has 1 heterocycles. The molecule has 0 spiro atoms. The molecule has 2 nitrogen and oxygen atoms in total. The Morgan fingerprint density at radius 2 is 1.90 bits per heavy atom. The van der Waals surface area contributed by atoms with Gasteiger partial charge in [0.15, 0.2) is 0 Å². The lowest BCUT2D eigenvalue weighted by Crippen LogP contribution is -2.29. The lowest BCUT2D eigenvalue weighted by molar-refractivity contribution is 0.0656. The lowest BCUT2D eigenvalue weighted by atomic mass is 9.99. The zero-order valence-corrected chi connectivity index (χ0v) is 13.0. The number of ether oxygens (including phenoxy) is 1. The van der Waals surface area contributed by atoms with Crippen LogP contribution in [0.4, 0.5) is 0 Å². The van der Waals surface area contributed by atoms with Gasteiger partial charge >= 0.3 is 0 Å². The standard InChI is InChI=1S/C18H29NO/c1-3-4-5-16-6-8-18(9-7-16)15(2)19-14-17-10-12-20-13-11-17/h6-9,15,17,19H,3-5,10-14H2,1-2H3. The van der Waals surface area contributed by atoms with E-state index in [1.165, 1.54) is 43.2 Å². The van der Waals surface area contributed by atoms with Gasteiger partial charge in [0.1, 0.15) is 0 Å². The first-order chi connectivity index (χ1) is 9.79. The van der Waals surface area contributed by atoms with E-state index in [0.29, 0.717) is 6.04 Å². The SMILES string of the molecule is CCCCc1ccc(C(C)NCC2CCOCC2)cc1. The Hall–Kier alpha value is -0.860. The summed E-state index contributed by atoms with van der Waals surface area (Å²) in [6.45, 7) is 7.50. The molecular formula is C18H29NO. The van der Waals surface area contributed by atoms with E-state index in [1.807, 2.05) is 0 Å². The molecule has 0 saturated carbocycles. The molecule has 1 aromatic rings. The normalized spacial score (nSPS) is 18.1. The maximum atomic E-state index is 5.41. The summed E-state index contributed by atoms with van der Waals surface area (Å²) < 4.78 is 5.41. The van der Waals surface area contributed by atoms with Crippen molar-refractivity contribution >= 4 is 0 Å². The van der Waals surface area contributed by atoms with Crippen molar-refractivity contribution in [3.63, 3.8) is 0 Å². The molecular weight excluding hydrogens is 246 g/mol. The molecule has 20 heavy (non-hydrogen) atoms. The van der Waals surface area contributed by atoms with Gasteiger partial charge in [-0.15, -0.1) is 0 Å². The summed E-state index contributed by atoms with van der Waals surface area (Å²) in [6.07, 6.45) is 6.17. The molecule has 1 aliphatic heterocycles. The molecule has 0 radical (unpaired) electrons. The fourth-order valence-electron chi connectivity index (χ4n) is 2.77. The van der Waals surface area contributed by atoms with Crippen LogP contribution in [0.5, 0.6) is 0 Å². The van der Waals surface area contributed by atoms with Crippen LogP contribution in [0.25, 0.3) is 0 Å². The van der Waals surface area contributed by atoms with Crippen LogP contribution >= 0.6 is 0 Å². The highest BCUT2D eigenvalue weighted by Crippen LogP contribution is 2.18. The van der Waals surface area contributed by atoms with Gasteiger partial charge in [0.05, 0.1) is 0 Å². The molecule has 2 rings (SSSR count). The van der Waals surface area contributed by atoms with Crippen LogP contribution in [0.1, 0.15) is 56.7 Å². The van der Waals surface area contributed by atoms with Crippen LogP contribution in [-0.2, 0) is 11.2 Å². The Morgan fingerprint density at radius 3 is 2.55 bits per heavy atom. The molecule has 112 valence electrons. The van der Waals surface area contributed by atoms with E-state index in [-0.39, 0.29) is 0 Å². The van der Waals surface area contributed by atoms with Crippen molar-refractivity contribution in [2.45, 2.75) is 52.0 Å². The zero-order valence-electron chi connectivity index (χ0n) is 13.0. The molecule has 1 unspecified atom stereocenters. The maximum absolute atomic E-state index is 5.41. The quantitative estimate of drug-likeness (QED) is 0.808. The van der Waals surface area contributed by atoms with Gasteiger partial charge in [0.2, 0.25) is 0 Å². The number of hydrogen-bond acceptors (Lipinski definition) is 2. The molecule has 2 heteroatoms. The summed E-state index contributed by atoms with van der Waals surface area (Å²) in [4.78, 5) is 0. The lowest BCUT2D eigenvalue weighted by Gasteiger charge is -2.24. The molecule has 0 aliphatic carbocycles. The highest BCUT2D eigenvalue weighted by atomic mass is 16.5. The van der Waals surface area contributed by atoms with E-state index in [2.05, 4.69) is 43.4 Å². The van der Waals surface area contributed by atoms with Gasteiger partial charge in [-0.3, -0.25) is 0 Å². The molecule has 1 aliphatic rings. The largest absolute Gasteiger partial charge is 0.381 e. The first-order valence-electron chi connectivity index (χ1n) is 8.19. The van der Waals surface area contributed by atoms with E-state index < -0.39 is 0 Å². The Labute approximate surface area is 123 Å². The Bertz CT molecular complexity index is 368. The second kappa shape index (κ2) is 8.43. The van der Waals surface area contributed by atoms with Crippen molar-refractivity contribution in [2.24, 2.45) is 5.92 Å². The first kappa shape index (κ1) is 15.5. The first-order valence-corrected chi connectivity index (χ1v) is 8.19. The van der Waals surface area contributed by atoms with Crippen LogP contribution < -0.4 is 5.32 Å². The Kier molecular flexibility index (Phi) is 6.55. The van der Waals surface area contributed by atoms with Crippen molar-refractivity contribution in [3.05, 3.63) is 35.4 Å². The van der Waals surface area contributed by atoms with Gasteiger partial charge in [0, 0.05) is 19.3 Å². The molecule has 1 fully saturated rings. The minimum atomic E-state index is 0.443. The van der Waals surface area contributed by atoms with Gasteiger partial charge in [0.25, 0.3) is 0 Å². The Balaban J connectivity index is 1.77. The van der Waals surface area contributed by atoms with E-state index in [4.69, 9.17) is 4.74 Å². The highest BCUT2D eigenvalue weighted by molar-refractivity contribution is 5.24. The molecule has 1 N–H and O–H groups in total. The summed E-state index contributed by atoms with van der Waals surface area (Å²) in [7, 11) is 0. The fourth-order valence-corrected chi connectivity index (χ4v) is 2.77. The monoisotopic (exact) mass is 275 g/mol. The van der Waals surface area contributed by atoms with Crippen LogP contribution in [-0.4, -0.2) is 19.8 Å². The average molecular weight is 275 g/mol. The number of nitrogens with one attached hydrogen (secondary N) is 1. The second-order valence-electron chi connectivity index (χ2n) is 6.03. The number of aryl methyl sites for hydroxylation is 1. The molecule has 0 amide bonds. The number of hydrogen-bond donors (Lipinski definition) is 1. The van der Waals surface area contributed by atoms with Crippen LogP contribution in [0.3, 0.4) is 0 Å². The van der Waals surface area contributed by atoms with E-state index in [9.17, 15) is 0 Å². The van der Waals surface area contributed by atoms with Crippen LogP contribution in [0.15, 0.2) is 24.3 Å². The third kappa shape index (κ3) is 4.92. The van der Waals surface area contributed by atoms with Gasteiger partial charge in [-0.1, -0.05) is 37.6 Å². The van der Waals surface area contributed by atoms with Gasteiger partial charge < -0.3 is 10.1 Å². The molecule has 1 saturated heterocycles. The summed E-state index contributed by atoms with van der Waals surface area (Å²) in [6, 6.07) is 9.59. The molecule has 1 aromatic carbocycles. The van der Waals surface area contributed by atoms with Crippen LogP contribution in [0.2, 0.25) is 0 Å². The molecule has 0 aromatic heterocycles. The molecule has 0 bridgehead atoms. The number of benzene rings is 1. The minimum absolute atomic E-state index is 0.443. The van der Waals surface area contributed by atoms with Crippen molar-refractivity contribution < 1.29 is 4.74 Å². The topological polar surface area (TPSA) is 21.3 Å². The minimum Gasteiger partial charge on any atom is -0.381 e. The van der Waals surface area contributed by atoms with E-state index in [1.54, 1.807) is 0 Å². The summed E-state index contributed by atoms with van der Waals surface area (Å²) in [5.74, 6) is 0.787. The average Bonchev–Trinajstić information content (AvgIpc) is 2.52. The predicted octanol–water partition coefficient (Wildman–Crippen LogP) is 4.11. The van der Waals surface area contributed by atoms with Crippen molar-refractivity contribution in [2.75, 3.05) is 19.8 Å². The third-order valence-electron chi connectivity index (χ3n) is 4.35. The Morgan fingerprint density at radius 1 is 1.20 bits per heavy atom. The number of unbranched alkanes of at least 4 members (excludes halogenated alkanes) is 1. The smallest absolute Gasteiger partial charge is 0.0469 e. The summed E-state index contributed by atoms with van der Waals surface area (Å²) in [5, 5.41) is 3.68. The van der Waals surface area contributed by atoms with Crippen molar-refractivity contribution in [1.82, 2.24) is 5.32 Å². The summed E-state index contributed by atoms with van der Waals surface area (Å²) >= 11 is 0.